The summed E-state index contributed by atoms with van der Waals surface area (Å²) in [5, 5.41) is 13.3. The Balaban J connectivity index is 2.10. The lowest BCUT2D eigenvalue weighted by molar-refractivity contribution is -0.137. The van der Waals surface area contributed by atoms with Crippen LogP contribution in [0.2, 0.25) is 0 Å². The Morgan fingerprint density at radius 2 is 1.96 bits per heavy atom. The number of carbonyl (C=O) groups is 1. The van der Waals surface area contributed by atoms with Crippen molar-refractivity contribution in [2.75, 3.05) is 12.0 Å². The molecule has 0 aliphatic heterocycles. The van der Waals surface area contributed by atoms with Crippen LogP contribution in [0, 0.1) is 0 Å². The molecule has 0 aliphatic rings. The van der Waals surface area contributed by atoms with Crippen molar-refractivity contribution in [1.29, 1.82) is 0 Å². The molecule has 2 aromatic heterocycles. The fraction of sp³-hybridized carbons (Fsp3) is 0.267. The lowest BCUT2D eigenvalue weighted by Gasteiger charge is -2.04. The van der Waals surface area contributed by atoms with Crippen LogP contribution in [0.25, 0.3) is 22.4 Å². The fourth-order valence-electron chi connectivity index (χ4n) is 2.39. The Morgan fingerprint density at radius 1 is 1.24 bits per heavy atom. The molecule has 0 unspecified atom stereocenters. The maximum atomic E-state index is 11.5. The van der Waals surface area contributed by atoms with E-state index in [2.05, 4.69) is 20.1 Å². The highest BCUT2D eigenvalue weighted by Crippen LogP contribution is 2.21. The molecule has 0 amide bonds. The van der Waals surface area contributed by atoms with Gasteiger partial charge in [0.1, 0.15) is 6.54 Å². The number of rotatable bonds is 6. The summed E-state index contributed by atoms with van der Waals surface area (Å²) in [5.41, 5.74) is 0.0169. The number of nitrogens with zero attached hydrogens (tertiary/aromatic N) is 3. The molecule has 130 valence electrons. The summed E-state index contributed by atoms with van der Waals surface area (Å²) in [4.78, 5) is 43.4. The highest BCUT2D eigenvalue weighted by Gasteiger charge is 2.15. The Kier molecular flexibility index (Phi) is 4.70. The monoisotopic (exact) mass is 361 g/mol. The molecule has 10 heteroatoms. The van der Waals surface area contributed by atoms with Crippen LogP contribution in [-0.4, -0.2) is 47.8 Å². The third-order valence-corrected chi connectivity index (χ3v) is 4.12. The molecule has 0 radical (unpaired) electrons. The van der Waals surface area contributed by atoms with E-state index >= 15 is 0 Å². The van der Waals surface area contributed by atoms with Crippen LogP contribution < -0.4 is 11.1 Å². The van der Waals surface area contributed by atoms with Crippen molar-refractivity contribution in [3.63, 3.8) is 0 Å². The first-order valence-corrected chi connectivity index (χ1v) is 8.78. The van der Waals surface area contributed by atoms with E-state index in [9.17, 15) is 14.4 Å². The number of nitrogens with one attached hydrogen (secondary N) is 2. The predicted octanol–water partition coefficient (Wildman–Crippen LogP) is 0.465. The standard InChI is InChI=1S/C15H15N5O4S/c1-25-5-4-11-18-13(20(19-11)7-12(21)22)8-2-3-9-10(6-8)17-15(24)14(23)16-9/h2-3,6H,4-5,7H2,1H3,(H,16,23)(H,17,24)(H,21,22). The van der Waals surface area contributed by atoms with Gasteiger partial charge in [-0.3, -0.25) is 14.4 Å². The normalized spacial score (nSPS) is 11.1. The number of aliphatic carboxylic acids is 1. The van der Waals surface area contributed by atoms with E-state index in [0.29, 0.717) is 34.7 Å². The van der Waals surface area contributed by atoms with Crippen LogP contribution in [-0.2, 0) is 17.8 Å². The number of benzene rings is 1. The first kappa shape index (κ1) is 17.0. The van der Waals surface area contributed by atoms with E-state index < -0.39 is 17.1 Å². The Labute approximate surface area is 145 Å². The third-order valence-electron chi connectivity index (χ3n) is 3.51. The van der Waals surface area contributed by atoms with E-state index in [1.807, 2.05) is 6.26 Å². The molecule has 0 saturated heterocycles. The molecule has 2 heterocycles. The number of H-pyrrole nitrogens is 2. The molecular weight excluding hydrogens is 346 g/mol. The summed E-state index contributed by atoms with van der Waals surface area (Å²) >= 11 is 1.65. The number of hydrogen-bond acceptors (Lipinski definition) is 6. The predicted molar refractivity (Wildman–Crippen MR) is 93.9 cm³/mol. The van der Waals surface area contributed by atoms with Crippen molar-refractivity contribution in [2.24, 2.45) is 0 Å². The van der Waals surface area contributed by atoms with Gasteiger partial charge in [-0.2, -0.15) is 16.9 Å². The number of carboxylic acids is 1. The number of aryl methyl sites for hydroxylation is 1. The van der Waals surface area contributed by atoms with Crippen molar-refractivity contribution >= 4 is 28.8 Å². The Bertz CT molecular complexity index is 1050. The molecule has 1 aromatic carbocycles. The van der Waals surface area contributed by atoms with Gasteiger partial charge >= 0.3 is 17.1 Å². The SMILES string of the molecule is CSCCc1nc(-c2ccc3[nH]c(=O)c(=O)[nH]c3c2)n(CC(=O)O)n1. The summed E-state index contributed by atoms with van der Waals surface area (Å²) in [6.45, 7) is -0.318. The lowest BCUT2D eigenvalue weighted by atomic mass is 10.2. The zero-order valence-corrected chi connectivity index (χ0v) is 14.1. The smallest absolute Gasteiger partial charge is 0.325 e. The third kappa shape index (κ3) is 3.63. The zero-order chi connectivity index (χ0) is 18.0. The van der Waals surface area contributed by atoms with E-state index in [-0.39, 0.29) is 6.54 Å². The fourth-order valence-corrected chi connectivity index (χ4v) is 2.78. The van der Waals surface area contributed by atoms with Gasteiger partial charge < -0.3 is 15.1 Å². The molecule has 0 bridgehead atoms. The molecule has 9 nitrogen and oxygen atoms in total. The minimum Gasteiger partial charge on any atom is -0.480 e. The van der Waals surface area contributed by atoms with Crippen LogP contribution in [0.15, 0.2) is 27.8 Å². The van der Waals surface area contributed by atoms with E-state index in [1.165, 1.54) is 4.68 Å². The Hall–Kier alpha value is -2.88. The average molecular weight is 361 g/mol. The number of thioether (sulfide) groups is 1. The van der Waals surface area contributed by atoms with E-state index in [0.717, 1.165) is 5.75 Å². The van der Waals surface area contributed by atoms with Gasteiger partial charge in [-0.05, 0) is 24.5 Å². The molecule has 3 rings (SSSR count). The summed E-state index contributed by atoms with van der Waals surface area (Å²) in [6.07, 6.45) is 2.59. The van der Waals surface area contributed by atoms with Crippen molar-refractivity contribution < 1.29 is 9.90 Å². The second-order valence-corrected chi connectivity index (χ2v) is 6.30. The van der Waals surface area contributed by atoms with Crippen LogP contribution in [0.5, 0.6) is 0 Å². The second kappa shape index (κ2) is 6.93. The maximum absolute atomic E-state index is 11.5. The van der Waals surface area contributed by atoms with Crippen molar-refractivity contribution in [3.8, 4) is 11.4 Å². The van der Waals surface area contributed by atoms with Gasteiger partial charge in [-0.1, -0.05) is 0 Å². The van der Waals surface area contributed by atoms with Gasteiger partial charge in [-0.25, -0.2) is 9.67 Å². The van der Waals surface area contributed by atoms with E-state index in [4.69, 9.17) is 5.11 Å². The topological polar surface area (TPSA) is 134 Å². The number of hydrogen-bond donors (Lipinski definition) is 3. The van der Waals surface area contributed by atoms with Crippen molar-refractivity contribution in [1.82, 2.24) is 24.7 Å². The first-order chi connectivity index (χ1) is 12.0. The Morgan fingerprint density at radius 3 is 2.64 bits per heavy atom. The molecule has 0 saturated carbocycles. The summed E-state index contributed by atoms with van der Waals surface area (Å²) < 4.78 is 1.32. The van der Waals surface area contributed by atoms with Crippen LogP contribution >= 0.6 is 11.8 Å². The van der Waals surface area contributed by atoms with Gasteiger partial charge in [0.2, 0.25) is 0 Å². The summed E-state index contributed by atoms with van der Waals surface area (Å²) in [6, 6.07) is 4.95. The van der Waals surface area contributed by atoms with Crippen molar-refractivity contribution in [3.05, 3.63) is 44.7 Å². The first-order valence-electron chi connectivity index (χ1n) is 7.39. The molecule has 3 aromatic rings. The minimum absolute atomic E-state index is 0.318. The average Bonchev–Trinajstić information content (AvgIpc) is 2.95. The van der Waals surface area contributed by atoms with Crippen LogP contribution in [0.3, 0.4) is 0 Å². The lowest BCUT2D eigenvalue weighted by Crippen LogP contribution is -2.28. The molecule has 0 aliphatic carbocycles. The van der Waals surface area contributed by atoms with Gasteiger partial charge in [0, 0.05) is 17.7 Å². The molecule has 3 N–H and O–H groups in total. The summed E-state index contributed by atoms with van der Waals surface area (Å²) in [5.74, 6) is 0.747. The number of carboxylic acid groups (broad SMARTS) is 1. The largest absolute Gasteiger partial charge is 0.480 e. The molecule has 0 spiro atoms. The van der Waals surface area contributed by atoms with Crippen LogP contribution in [0.4, 0.5) is 0 Å². The number of fused-ring (bicyclic) bond motifs is 1. The molecule has 0 atom stereocenters. The maximum Gasteiger partial charge on any atom is 0.325 e. The zero-order valence-electron chi connectivity index (χ0n) is 13.3. The number of aromatic amines is 2. The van der Waals surface area contributed by atoms with Gasteiger partial charge in [0.25, 0.3) is 0 Å². The second-order valence-electron chi connectivity index (χ2n) is 5.31. The quantitative estimate of drug-likeness (QED) is 0.543. The number of aromatic nitrogens is 5. The van der Waals surface area contributed by atoms with Gasteiger partial charge in [-0.15, -0.1) is 0 Å². The van der Waals surface area contributed by atoms with Gasteiger partial charge in [0.15, 0.2) is 11.6 Å². The van der Waals surface area contributed by atoms with Crippen molar-refractivity contribution in [2.45, 2.75) is 13.0 Å². The highest BCUT2D eigenvalue weighted by atomic mass is 32.2. The minimum atomic E-state index is -1.03. The highest BCUT2D eigenvalue weighted by molar-refractivity contribution is 7.98. The summed E-state index contributed by atoms with van der Waals surface area (Å²) in [7, 11) is 0. The molecular formula is C15H15N5O4S. The molecule has 0 fully saturated rings. The van der Waals surface area contributed by atoms with Crippen LogP contribution in [0.1, 0.15) is 5.82 Å². The molecule has 25 heavy (non-hydrogen) atoms. The van der Waals surface area contributed by atoms with E-state index in [1.54, 1.807) is 30.0 Å². The van der Waals surface area contributed by atoms with Gasteiger partial charge in [0.05, 0.1) is 11.0 Å².